The van der Waals surface area contributed by atoms with Crippen LogP contribution in [0.5, 0.6) is 0 Å². The summed E-state index contributed by atoms with van der Waals surface area (Å²) in [6.07, 6.45) is 5.16. The minimum atomic E-state index is -3.41. The quantitative estimate of drug-likeness (QED) is 0.808. The summed E-state index contributed by atoms with van der Waals surface area (Å²) in [7, 11) is -3.41. The van der Waals surface area contributed by atoms with Crippen LogP contribution in [0.15, 0.2) is 23.1 Å². The van der Waals surface area contributed by atoms with E-state index in [9.17, 15) is 13.2 Å². The van der Waals surface area contributed by atoms with Gasteiger partial charge in [0.2, 0.25) is 5.91 Å². The molecule has 0 unspecified atom stereocenters. The summed E-state index contributed by atoms with van der Waals surface area (Å²) in [5, 5.41) is 6.24. The Morgan fingerprint density at radius 3 is 2.68 bits per heavy atom. The molecule has 1 fully saturated rings. The average molecular weight is 365 g/mol. The first-order valence-electron chi connectivity index (χ1n) is 9.20. The maximum absolute atomic E-state index is 12.5. The van der Waals surface area contributed by atoms with Gasteiger partial charge in [-0.1, -0.05) is 13.0 Å². The van der Waals surface area contributed by atoms with E-state index in [0.717, 1.165) is 50.8 Å². The van der Waals surface area contributed by atoms with Crippen LogP contribution in [-0.2, 0) is 27.5 Å². The molecule has 1 aliphatic heterocycles. The van der Waals surface area contributed by atoms with E-state index >= 15 is 0 Å². The number of rotatable bonds is 6. The molecule has 3 rings (SSSR count). The summed E-state index contributed by atoms with van der Waals surface area (Å²) < 4.78 is 25.0. The Morgan fingerprint density at radius 2 is 1.92 bits per heavy atom. The summed E-state index contributed by atoms with van der Waals surface area (Å²) >= 11 is 0. The fraction of sp³-hybridized carbons (Fsp3) is 0.632. The van der Waals surface area contributed by atoms with E-state index in [1.54, 1.807) is 12.1 Å². The number of amides is 1. The molecule has 1 heterocycles. The monoisotopic (exact) mass is 364 g/mol. The molecule has 0 saturated carbocycles. The summed E-state index contributed by atoms with van der Waals surface area (Å²) in [5.74, 6) is -0.305. The lowest BCUT2D eigenvalue weighted by Crippen LogP contribution is -2.43. The Hall–Kier alpha value is -1.40. The maximum atomic E-state index is 12.5. The minimum absolute atomic E-state index is 0.0216. The molecule has 2 aliphatic rings. The summed E-state index contributed by atoms with van der Waals surface area (Å²) in [6, 6.07) is 5.41. The van der Waals surface area contributed by atoms with E-state index in [1.165, 1.54) is 5.56 Å². The van der Waals surface area contributed by atoms with Gasteiger partial charge in [0.25, 0.3) is 0 Å². The first kappa shape index (κ1) is 18.4. The summed E-state index contributed by atoms with van der Waals surface area (Å²) in [4.78, 5) is 12.5. The van der Waals surface area contributed by atoms with E-state index in [2.05, 4.69) is 17.6 Å². The molecule has 1 saturated heterocycles. The molecule has 1 aromatic rings. The Balaban J connectivity index is 1.52. The van der Waals surface area contributed by atoms with Crippen LogP contribution in [0.2, 0.25) is 0 Å². The highest BCUT2D eigenvalue weighted by Crippen LogP contribution is 2.27. The SMILES string of the molecule is CC1(CNC(=O)CCS(=O)(=O)c2ccc3c(c2)CCC3)CCNCC1. The van der Waals surface area contributed by atoms with Crippen molar-refractivity contribution in [3.63, 3.8) is 0 Å². The van der Waals surface area contributed by atoms with Crippen LogP contribution in [0.1, 0.15) is 43.7 Å². The molecule has 5 nitrogen and oxygen atoms in total. The van der Waals surface area contributed by atoms with Crippen LogP contribution < -0.4 is 10.6 Å². The molecule has 6 heteroatoms. The molecular weight excluding hydrogens is 336 g/mol. The van der Waals surface area contributed by atoms with Gasteiger partial charge in [-0.15, -0.1) is 0 Å². The Kier molecular flexibility index (Phi) is 5.49. The van der Waals surface area contributed by atoms with Crippen LogP contribution in [0.3, 0.4) is 0 Å². The van der Waals surface area contributed by atoms with Crippen LogP contribution in [0.4, 0.5) is 0 Å². The number of piperidine rings is 1. The molecule has 1 aliphatic carbocycles. The van der Waals surface area contributed by atoms with Gasteiger partial charge >= 0.3 is 0 Å². The molecule has 1 amide bonds. The minimum Gasteiger partial charge on any atom is -0.356 e. The van der Waals surface area contributed by atoms with Crippen molar-refractivity contribution in [3.8, 4) is 0 Å². The molecule has 2 N–H and O–H groups in total. The van der Waals surface area contributed by atoms with Crippen molar-refractivity contribution >= 4 is 15.7 Å². The van der Waals surface area contributed by atoms with Crippen LogP contribution in [0.25, 0.3) is 0 Å². The molecule has 138 valence electrons. The lowest BCUT2D eigenvalue weighted by Gasteiger charge is -2.34. The van der Waals surface area contributed by atoms with Gasteiger partial charge in [-0.3, -0.25) is 4.79 Å². The molecule has 0 radical (unpaired) electrons. The summed E-state index contributed by atoms with van der Waals surface area (Å²) in [5.41, 5.74) is 2.51. The van der Waals surface area contributed by atoms with Crippen molar-refractivity contribution in [2.24, 2.45) is 5.41 Å². The Labute approximate surface area is 150 Å². The third kappa shape index (κ3) is 4.61. The first-order valence-corrected chi connectivity index (χ1v) is 10.9. The van der Waals surface area contributed by atoms with E-state index in [1.807, 2.05) is 6.07 Å². The van der Waals surface area contributed by atoms with Crippen molar-refractivity contribution in [1.29, 1.82) is 0 Å². The van der Waals surface area contributed by atoms with Gasteiger partial charge in [0.05, 0.1) is 10.6 Å². The van der Waals surface area contributed by atoms with Crippen molar-refractivity contribution < 1.29 is 13.2 Å². The van der Waals surface area contributed by atoms with Crippen molar-refractivity contribution in [2.75, 3.05) is 25.4 Å². The molecule has 0 atom stereocenters. The number of hydrogen-bond donors (Lipinski definition) is 2. The molecule has 0 spiro atoms. The lowest BCUT2D eigenvalue weighted by atomic mass is 9.81. The zero-order valence-corrected chi connectivity index (χ0v) is 15.8. The number of carbonyl (C=O) groups excluding carboxylic acids is 1. The predicted octanol–water partition coefficient (Wildman–Crippen LogP) is 1.84. The van der Waals surface area contributed by atoms with Gasteiger partial charge < -0.3 is 10.6 Å². The fourth-order valence-electron chi connectivity index (χ4n) is 3.69. The third-order valence-electron chi connectivity index (χ3n) is 5.55. The summed E-state index contributed by atoms with van der Waals surface area (Å²) in [6.45, 7) is 4.74. The number of benzene rings is 1. The van der Waals surface area contributed by atoms with Gasteiger partial charge in [-0.25, -0.2) is 8.42 Å². The third-order valence-corrected chi connectivity index (χ3v) is 7.26. The van der Waals surface area contributed by atoms with Gasteiger partial charge in [0.1, 0.15) is 0 Å². The van der Waals surface area contributed by atoms with E-state index in [4.69, 9.17) is 0 Å². The number of aryl methyl sites for hydroxylation is 2. The normalized spacial score (nSPS) is 19.4. The second-order valence-corrected chi connectivity index (χ2v) is 9.80. The molecular formula is C19H28N2O3S. The highest BCUT2D eigenvalue weighted by atomic mass is 32.2. The zero-order chi connectivity index (χ0) is 17.9. The van der Waals surface area contributed by atoms with Crippen molar-refractivity contribution in [3.05, 3.63) is 29.3 Å². The highest BCUT2D eigenvalue weighted by Gasteiger charge is 2.27. The molecule has 0 aromatic heterocycles. The number of carbonyl (C=O) groups is 1. The Morgan fingerprint density at radius 1 is 1.20 bits per heavy atom. The number of sulfone groups is 1. The van der Waals surface area contributed by atoms with Crippen LogP contribution >= 0.6 is 0 Å². The topological polar surface area (TPSA) is 75.3 Å². The van der Waals surface area contributed by atoms with Gasteiger partial charge in [-0.05, 0) is 73.9 Å². The van der Waals surface area contributed by atoms with Gasteiger partial charge in [0, 0.05) is 13.0 Å². The van der Waals surface area contributed by atoms with E-state index < -0.39 is 9.84 Å². The van der Waals surface area contributed by atoms with E-state index in [0.29, 0.717) is 11.4 Å². The highest BCUT2D eigenvalue weighted by molar-refractivity contribution is 7.91. The maximum Gasteiger partial charge on any atom is 0.221 e. The largest absolute Gasteiger partial charge is 0.356 e. The molecule has 1 aromatic carbocycles. The van der Waals surface area contributed by atoms with Crippen molar-refractivity contribution in [1.82, 2.24) is 10.6 Å². The average Bonchev–Trinajstić information content (AvgIpc) is 3.07. The number of hydrogen-bond acceptors (Lipinski definition) is 4. The lowest BCUT2D eigenvalue weighted by molar-refractivity contribution is -0.121. The standard InChI is InChI=1S/C19H28N2O3S/c1-19(8-10-20-11-9-19)14-21-18(22)7-12-25(23,24)17-6-5-15-3-2-4-16(15)13-17/h5-6,13,20H,2-4,7-12,14H2,1H3,(H,21,22). The second kappa shape index (κ2) is 7.46. The van der Waals surface area contributed by atoms with Gasteiger partial charge in [0.15, 0.2) is 9.84 Å². The van der Waals surface area contributed by atoms with Crippen molar-refractivity contribution in [2.45, 2.75) is 50.3 Å². The fourth-order valence-corrected chi connectivity index (χ4v) is 4.98. The van der Waals surface area contributed by atoms with Gasteiger partial charge in [-0.2, -0.15) is 0 Å². The van der Waals surface area contributed by atoms with Crippen LogP contribution in [0, 0.1) is 5.41 Å². The number of fused-ring (bicyclic) bond motifs is 1. The predicted molar refractivity (Wildman–Crippen MR) is 98.4 cm³/mol. The number of nitrogens with one attached hydrogen (secondary N) is 2. The molecule has 25 heavy (non-hydrogen) atoms. The zero-order valence-electron chi connectivity index (χ0n) is 14.9. The second-order valence-electron chi connectivity index (χ2n) is 7.69. The van der Waals surface area contributed by atoms with Crippen LogP contribution in [-0.4, -0.2) is 39.7 Å². The molecule has 0 bridgehead atoms. The van der Waals surface area contributed by atoms with E-state index in [-0.39, 0.29) is 23.5 Å². The Bertz CT molecular complexity index is 737. The smallest absolute Gasteiger partial charge is 0.221 e. The first-order chi connectivity index (χ1) is 11.9.